The zero-order valence-electron chi connectivity index (χ0n) is 8.94. The molecular formula is C10H18F3NO. The molecule has 0 aromatic rings. The quantitative estimate of drug-likeness (QED) is 0.741. The second-order valence-corrected chi connectivity index (χ2v) is 3.99. The molecule has 1 rings (SSSR count). The molecule has 1 saturated heterocycles. The van der Waals surface area contributed by atoms with Gasteiger partial charge in [-0.15, -0.1) is 0 Å². The molecule has 2 atom stereocenters. The minimum absolute atomic E-state index is 0.142. The van der Waals surface area contributed by atoms with E-state index in [0.717, 1.165) is 6.42 Å². The lowest BCUT2D eigenvalue weighted by Gasteiger charge is -2.31. The molecule has 90 valence electrons. The molecule has 1 fully saturated rings. The predicted molar refractivity (Wildman–Crippen MR) is 51.7 cm³/mol. The number of piperidine rings is 1. The van der Waals surface area contributed by atoms with Crippen molar-refractivity contribution in [3.63, 3.8) is 0 Å². The first-order chi connectivity index (χ1) is 7.04. The van der Waals surface area contributed by atoms with Crippen LogP contribution in [0.2, 0.25) is 0 Å². The summed E-state index contributed by atoms with van der Waals surface area (Å²) >= 11 is 0. The molecule has 0 aromatic heterocycles. The molecule has 2 nitrogen and oxygen atoms in total. The van der Waals surface area contributed by atoms with Crippen LogP contribution in [0.4, 0.5) is 13.2 Å². The molecule has 1 N–H and O–H groups in total. The highest BCUT2D eigenvalue weighted by atomic mass is 19.4. The van der Waals surface area contributed by atoms with E-state index in [1.165, 1.54) is 0 Å². The topological polar surface area (TPSA) is 21.3 Å². The summed E-state index contributed by atoms with van der Waals surface area (Å²) < 4.78 is 42.6. The maximum Gasteiger partial charge on any atom is 0.391 e. The van der Waals surface area contributed by atoms with Crippen molar-refractivity contribution in [3.8, 4) is 0 Å². The second kappa shape index (κ2) is 5.70. The zero-order chi connectivity index (χ0) is 11.3. The van der Waals surface area contributed by atoms with Crippen molar-refractivity contribution in [1.82, 2.24) is 5.32 Å². The van der Waals surface area contributed by atoms with Crippen LogP contribution in [0.1, 0.15) is 26.2 Å². The minimum Gasteiger partial charge on any atom is -0.380 e. The van der Waals surface area contributed by atoms with Crippen molar-refractivity contribution in [3.05, 3.63) is 0 Å². The van der Waals surface area contributed by atoms with Crippen LogP contribution in [0, 0.1) is 5.92 Å². The van der Waals surface area contributed by atoms with Crippen LogP contribution in [0.25, 0.3) is 0 Å². The van der Waals surface area contributed by atoms with Crippen molar-refractivity contribution in [2.24, 2.45) is 5.92 Å². The van der Waals surface area contributed by atoms with Gasteiger partial charge in [0.1, 0.15) is 0 Å². The van der Waals surface area contributed by atoms with Gasteiger partial charge >= 0.3 is 6.18 Å². The molecule has 1 heterocycles. The van der Waals surface area contributed by atoms with E-state index in [0.29, 0.717) is 19.8 Å². The SMILES string of the molecule is CCCOCC1CC(C(F)(F)F)CCN1. The number of halogens is 3. The Hall–Kier alpha value is -0.290. The number of nitrogens with one attached hydrogen (secondary N) is 1. The van der Waals surface area contributed by atoms with Crippen molar-refractivity contribution in [1.29, 1.82) is 0 Å². The first-order valence-electron chi connectivity index (χ1n) is 5.42. The Kier molecular flexibility index (Phi) is 4.86. The molecule has 15 heavy (non-hydrogen) atoms. The first-order valence-corrected chi connectivity index (χ1v) is 5.42. The number of rotatable bonds is 4. The summed E-state index contributed by atoms with van der Waals surface area (Å²) in [5, 5.41) is 3.06. The van der Waals surface area contributed by atoms with Crippen LogP contribution in [-0.2, 0) is 4.74 Å². The zero-order valence-corrected chi connectivity index (χ0v) is 8.94. The van der Waals surface area contributed by atoms with Crippen LogP contribution >= 0.6 is 0 Å². The third-order valence-electron chi connectivity index (χ3n) is 2.63. The van der Waals surface area contributed by atoms with Crippen molar-refractivity contribution in [2.75, 3.05) is 19.8 Å². The molecule has 0 saturated carbocycles. The van der Waals surface area contributed by atoms with Gasteiger partial charge in [0.25, 0.3) is 0 Å². The molecule has 1 aliphatic rings. The first kappa shape index (κ1) is 12.8. The monoisotopic (exact) mass is 225 g/mol. The Morgan fingerprint density at radius 1 is 1.40 bits per heavy atom. The number of alkyl halides is 3. The van der Waals surface area contributed by atoms with Gasteiger partial charge in [0.2, 0.25) is 0 Å². The average Bonchev–Trinajstić information content (AvgIpc) is 2.17. The summed E-state index contributed by atoms with van der Waals surface area (Å²) in [5.74, 6) is -1.16. The van der Waals surface area contributed by atoms with Gasteiger partial charge in [0.05, 0.1) is 12.5 Å². The molecule has 0 spiro atoms. The predicted octanol–water partition coefficient (Wildman–Crippen LogP) is 2.34. The molecule has 0 aromatic carbocycles. The van der Waals surface area contributed by atoms with Gasteiger partial charge in [0, 0.05) is 12.6 Å². The van der Waals surface area contributed by atoms with E-state index in [1.54, 1.807) is 0 Å². The smallest absolute Gasteiger partial charge is 0.380 e. The Morgan fingerprint density at radius 2 is 2.13 bits per heavy atom. The lowest BCUT2D eigenvalue weighted by molar-refractivity contribution is -0.184. The summed E-state index contributed by atoms with van der Waals surface area (Å²) in [6.45, 7) is 3.42. The number of hydrogen-bond acceptors (Lipinski definition) is 2. The molecule has 0 bridgehead atoms. The van der Waals surface area contributed by atoms with Crippen LogP contribution < -0.4 is 5.32 Å². The van der Waals surface area contributed by atoms with E-state index < -0.39 is 12.1 Å². The molecule has 2 unspecified atom stereocenters. The van der Waals surface area contributed by atoms with Crippen LogP contribution in [0.5, 0.6) is 0 Å². The van der Waals surface area contributed by atoms with Crippen molar-refractivity contribution < 1.29 is 17.9 Å². The Balaban J connectivity index is 2.29. The van der Waals surface area contributed by atoms with E-state index in [9.17, 15) is 13.2 Å². The molecule has 0 aliphatic carbocycles. The summed E-state index contributed by atoms with van der Waals surface area (Å²) in [4.78, 5) is 0. The van der Waals surface area contributed by atoms with E-state index in [-0.39, 0.29) is 18.9 Å². The highest BCUT2D eigenvalue weighted by molar-refractivity contribution is 4.81. The van der Waals surface area contributed by atoms with Gasteiger partial charge in [-0.3, -0.25) is 0 Å². The molecular weight excluding hydrogens is 207 g/mol. The Bertz CT molecular complexity index is 184. The number of ether oxygens (including phenoxy) is 1. The normalized spacial score (nSPS) is 28.0. The van der Waals surface area contributed by atoms with Crippen LogP contribution in [-0.4, -0.2) is 32.0 Å². The van der Waals surface area contributed by atoms with Gasteiger partial charge < -0.3 is 10.1 Å². The third-order valence-corrected chi connectivity index (χ3v) is 2.63. The Labute approximate surface area is 88.2 Å². The highest BCUT2D eigenvalue weighted by Crippen LogP contribution is 2.33. The maximum absolute atomic E-state index is 12.4. The van der Waals surface area contributed by atoms with Crippen molar-refractivity contribution in [2.45, 2.75) is 38.4 Å². The van der Waals surface area contributed by atoms with E-state index >= 15 is 0 Å². The fourth-order valence-electron chi connectivity index (χ4n) is 1.80. The van der Waals surface area contributed by atoms with Crippen LogP contribution in [0.3, 0.4) is 0 Å². The van der Waals surface area contributed by atoms with E-state index in [2.05, 4.69) is 5.32 Å². The fourth-order valence-corrected chi connectivity index (χ4v) is 1.80. The van der Waals surface area contributed by atoms with Gasteiger partial charge in [-0.05, 0) is 25.8 Å². The Morgan fingerprint density at radius 3 is 2.73 bits per heavy atom. The van der Waals surface area contributed by atoms with Crippen molar-refractivity contribution >= 4 is 0 Å². The number of hydrogen-bond donors (Lipinski definition) is 1. The van der Waals surface area contributed by atoms with Gasteiger partial charge in [-0.1, -0.05) is 6.92 Å². The minimum atomic E-state index is -4.05. The summed E-state index contributed by atoms with van der Waals surface area (Å²) in [5.41, 5.74) is 0. The van der Waals surface area contributed by atoms with E-state index in [1.807, 2.05) is 6.92 Å². The maximum atomic E-state index is 12.4. The van der Waals surface area contributed by atoms with Gasteiger partial charge in [-0.2, -0.15) is 13.2 Å². The summed E-state index contributed by atoms with van der Waals surface area (Å²) in [7, 11) is 0. The van der Waals surface area contributed by atoms with E-state index in [4.69, 9.17) is 4.74 Å². The fraction of sp³-hybridized carbons (Fsp3) is 1.00. The standard InChI is InChI=1S/C10H18F3NO/c1-2-5-15-7-9-6-8(3-4-14-9)10(11,12)13/h8-9,14H,2-7H2,1H3. The molecule has 1 aliphatic heterocycles. The van der Waals surface area contributed by atoms with Crippen LogP contribution in [0.15, 0.2) is 0 Å². The third kappa shape index (κ3) is 4.38. The molecule has 0 radical (unpaired) electrons. The highest BCUT2D eigenvalue weighted by Gasteiger charge is 2.41. The summed E-state index contributed by atoms with van der Waals surface area (Å²) in [6, 6.07) is -0.142. The van der Waals surface area contributed by atoms with Gasteiger partial charge in [-0.25, -0.2) is 0 Å². The summed E-state index contributed by atoms with van der Waals surface area (Å²) in [6.07, 6.45) is -2.82. The second-order valence-electron chi connectivity index (χ2n) is 3.99. The lowest BCUT2D eigenvalue weighted by Crippen LogP contribution is -2.45. The average molecular weight is 225 g/mol. The largest absolute Gasteiger partial charge is 0.391 e. The molecule has 0 amide bonds. The van der Waals surface area contributed by atoms with Gasteiger partial charge in [0.15, 0.2) is 0 Å². The molecule has 5 heteroatoms. The lowest BCUT2D eigenvalue weighted by atomic mass is 9.92.